The van der Waals surface area contributed by atoms with Gasteiger partial charge in [-0.25, -0.2) is 0 Å². The van der Waals surface area contributed by atoms with Crippen LogP contribution in [0.25, 0.3) is 5.57 Å². The molecule has 17 atom stereocenters. The highest BCUT2D eigenvalue weighted by atomic mass is 16.5. The van der Waals surface area contributed by atoms with Crippen LogP contribution in [0.5, 0.6) is 11.5 Å². The number of carbonyl (C=O) groups excluding carboxylic acids is 2. The molecule has 14 heteroatoms. The molecular weight excluding hydrogens is 1100 g/mol. The number of aromatic hydroxyl groups is 1. The van der Waals surface area contributed by atoms with Crippen molar-refractivity contribution < 1.29 is 29.6 Å². The molecule has 0 aromatic heterocycles. The largest absolute Gasteiger partial charge is 0.504 e. The van der Waals surface area contributed by atoms with Crippen LogP contribution < -0.4 is 42.8 Å². The summed E-state index contributed by atoms with van der Waals surface area (Å²) in [6.07, 6.45) is 26.4. The van der Waals surface area contributed by atoms with E-state index < -0.39 is 18.9 Å². The first kappa shape index (κ1) is 60.6. The van der Waals surface area contributed by atoms with E-state index in [2.05, 4.69) is 105 Å². The number of methoxy groups -OCH3 is 1. The number of nitrogens with two attached hydrogens (primary N) is 2. The van der Waals surface area contributed by atoms with Crippen LogP contribution in [-0.4, -0.2) is 103 Å². The van der Waals surface area contributed by atoms with Gasteiger partial charge < -0.3 is 58.1 Å². The van der Waals surface area contributed by atoms with Crippen LogP contribution in [0, 0.1) is 76.1 Å². The fourth-order valence-electron chi connectivity index (χ4n) is 20.1. The number of aryl methyl sites for hydroxylation is 2. The van der Waals surface area contributed by atoms with Gasteiger partial charge in [0, 0.05) is 49.8 Å². The molecule has 13 aliphatic rings. The number of carbonyl (C=O) groups is 2. The van der Waals surface area contributed by atoms with Gasteiger partial charge in [0.05, 0.1) is 38.4 Å². The SMILES string of the molecule is COc1cc2c(cc1O)CC1=CNC(N)C=C1[C@H](Cc1cccc(CCc3ccccc3)c1)CC#CN=C(N)N[C@@H]1CC3=C[C@@H]([C@H](C)O)N[C@@H]4C[C@]5(C[C@H]6[C@@H]7CCNC[C@@H]7C[C@@H]7C=CCN[C@@H]67)C[C@H](CC[C@@H]5[C@@]45CC[C@H](C1)[C@H]35)CC(=O)CC(=O)/C=C/2CO. The number of aliphatic hydroxyl groups excluding tert-OH is 2. The highest BCUT2D eigenvalue weighted by Crippen LogP contribution is 2.74. The number of aliphatic hydroxyl groups is 2. The molecule has 14 nitrogen and oxygen atoms in total. The van der Waals surface area contributed by atoms with E-state index in [9.17, 15) is 24.9 Å². The van der Waals surface area contributed by atoms with Gasteiger partial charge in [0.15, 0.2) is 17.3 Å². The third-order valence-corrected chi connectivity index (χ3v) is 23.3. The van der Waals surface area contributed by atoms with Gasteiger partial charge in [-0.05, 0) is 249 Å². The molecule has 1 saturated heterocycles. The molecule has 8 bridgehead atoms. The maximum absolute atomic E-state index is 14.7. The van der Waals surface area contributed by atoms with Crippen LogP contribution >= 0.6 is 0 Å². The summed E-state index contributed by atoms with van der Waals surface area (Å²) in [6, 6.07) is 26.3. The van der Waals surface area contributed by atoms with E-state index in [0.29, 0.717) is 95.8 Å². The number of ether oxygens (including phenoxy) is 1. The highest BCUT2D eigenvalue weighted by molar-refractivity contribution is 6.08. The lowest BCUT2D eigenvalue weighted by Crippen LogP contribution is -2.57. The molecule has 6 fully saturated rings. The Morgan fingerprint density at radius 2 is 1.77 bits per heavy atom. The van der Waals surface area contributed by atoms with Crippen molar-refractivity contribution in [2.45, 2.75) is 159 Å². The van der Waals surface area contributed by atoms with E-state index in [1.807, 2.05) is 25.3 Å². The molecule has 16 rings (SSSR count). The zero-order valence-corrected chi connectivity index (χ0v) is 51.7. The molecule has 12 N–H and O–H groups in total. The molecule has 5 aliphatic carbocycles. The number of allylic oxidation sites excluding steroid dienone is 3. The van der Waals surface area contributed by atoms with E-state index in [-0.39, 0.29) is 70.3 Å². The van der Waals surface area contributed by atoms with Crippen molar-refractivity contribution in [3.8, 4) is 23.5 Å². The number of nitrogens with zero attached hydrogens (tertiary/aromatic N) is 1. The topological polar surface area (TPSA) is 229 Å². The van der Waals surface area contributed by atoms with Crippen molar-refractivity contribution in [2.75, 3.05) is 33.4 Å². The number of hydrogen-bond donors (Lipinski definition) is 10. The molecule has 8 heterocycles. The Bertz CT molecular complexity index is 3360. The molecule has 3 aromatic rings. The molecular formula is C74H94N8O6. The van der Waals surface area contributed by atoms with Crippen molar-refractivity contribution in [1.29, 1.82) is 0 Å². The quantitative estimate of drug-likeness (QED) is 0.0525. The second-order valence-corrected chi connectivity index (χ2v) is 28.5. The maximum atomic E-state index is 14.7. The monoisotopic (exact) mass is 1190 g/mol. The molecule has 3 aromatic carbocycles. The Labute approximate surface area is 521 Å². The fraction of sp³-hybridized carbons (Fsp3) is 0.554. The van der Waals surface area contributed by atoms with E-state index in [0.717, 1.165) is 107 Å². The number of dihydropyridines is 1. The molecule has 0 amide bonds. The van der Waals surface area contributed by atoms with Crippen LogP contribution in [-0.2, 0) is 35.3 Å². The first-order valence-corrected chi connectivity index (χ1v) is 33.4. The number of benzene rings is 3. The number of phenolic OH excluding ortho intramolecular Hbond substituents is 1. The normalized spacial score (nSPS) is 36.4. The second-order valence-electron chi connectivity index (χ2n) is 28.5. The average molecular weight is 1190 g/mol. The summed E-state index contributed by atoms with van der Waals surface area (Å²) in [4.78, 5) is 33.9. The number of phenols is 1. The second kappa shape index (κ2) is 25.9. The summed E-state index contributed by atoms with van der Waals surface area (Å²) in [5.41, 5.74) is 22.1. The zero-order valence-electron chi connectivity index (χ0n) is 51.7. The van der Waals surface area contributed by atoms with Crippen molar-refractivity contribution in [3.63, 3.8) is 0 Å². The van der Waals surface area contributed by atoms with Crippen LogP contribution in [0.2, 0.25) is 0 Å². The molecule has 1 unspecified atom stereocenters. The summed E-state index contributed by atoms with van der Waals surface area (Å²) >= 11 is 0. The first-order chi connectivity index (χ1) is 42.8. The van der Waals surface area contributed by atoms with E-state index >= 15 is 0 Å². The highest BCUT2D eigenvalue weighted by Gasteiger charge is 2.70. The molecule has 8 aliphatic heterocycles. The van der Waals surface area contributed by atoms with Crippen LogP contribution in [0.1, 0.15) is 125 Å². The maximum Gasteiger partial charge on any atom is 0.202 e. The lowest BCUT2D eigenvalue weighted by Gasteiger charge is -2.56. The van der Waals surface area contributed by atoms with Gasteiger partial charge in [0.2, 0.25) is 5.96 Å². The van der Waals surface area contributed by atoms with Gasteiger partial charge in [-0.3, -0.25) is 9.59 Å². The molecule has 1 spiro atoms. The Morgan fingerprint density at radius 1 is 0.932 bits per heavy atom. The fourth-order valence-corrected chi connectivity index (χ4v) is 20.1. The first-order valence-electron chi connectivity index (χ1n) is 33.4. The number of hydrogen-bond acceptors (Lipinski definition) is 14. The number of Topliss-reactive ketones (excluding diaryl/α,β-unsaturated/α-hetero) is 1. The summed E-state index contributed by atoms with van der Waals surface area (Å²) in [7, 11) is 1.48. The molecule has 466 valence electrons. The van der Waals surface area contributed by atoms with Gasteiger partial charge >= 0.3 is 0 Å². The summed E-state index contributed by atoms with van der Waals surface area (Å²) in [5, 5.41) is 53.5. The van der Waals surface area contributed by atoms with Crippen LogP contribution in [0.15, 0.2) is 125 Å². The lowest BCUT2D eigenvalue weighted by molar-refractivity contribution is -0.126. The predicted molar refractivity (Wildman–Crippen MR) is 346 cm³/mol. The van der Waals surface area contributed by atoms with Crippen molar-refractivity contribution in [3.05, 3.63) is 148 Å². The van der Waals surface area contributed by atoms with E-state index in [4.69, 9.17) is 21.2 Å². The average Bonchev–Trinajstić information content (AvgIpc) is 1.52. The Morgan fingerprint density at radius 3 is 2.61 bits per heavy atom. The molecule has 0 radical (unpaired) electrons. The van der Waals surface area contributed by atoms with Gasteiger partial charge in [0.25, 0.3) is 0 Å². The third-order valence-electron chi connectivity index (χ3n) is 23.3. The Kier molecular flexibility index (Phi) is 17.8. The number of ketones is 2. The van der Waals surface area contributed by atoms with Crippen molar-refractivity contribution in [1.82, 2.24) is 26.6 Å². The Hall–Kier alpha value is -6.31. The van der Waals surface area contributed by atoms with Crippen LogP contribution in [0.4, 0.5) is 0 Å². The summed E-state index contributed by atoms with van der Waals surface area (Å²) in [5.74, 6) is 6.91. The van der Waals surface area contributed by atoms with Crippen molar-refractivity contribution in [2.24, 2.45) is 80.6 Å². The minimum atomic E-state index is -0.588. The number of nitrogens with one attached hydrogen (secondary N) is 5. The van der Waals surface area contributed by atoms with Gasteiger partial charge in [-0.15, -0.1) is 0 Å². The van der Waals surface area contributed by atoms with E-state index in [1.165, 1.54) is 42.7 Å². The summed E-state index contributed by atoms with van der Waals surface area (Å²) < 4.78 is 5.66. The smallest absolute Gasteiger partial charge is 0.202 e. The molecule has 88 heavy (non-hydrogen) atoms. The third kappa shape index (κ3) is 12.3. The summed E-state index contributed by atoms with van der Waals surface area (Å²) in [6.45, 7) is 4.48. The zero-order chi connectivity index (χ0) is 60.7. The number of rotatable bonds is 10. The minimum absolute atomic E-state index is 0.00354. The van der Waals surface area contributed by atoms with Gasteiger partial charge in [-0.2, -0.15) is 4.99 Å². The van der Waals surface area contributed by atoms with Gasteiger partial charge in [0.1, 0.15) is 5.78 Å². The van der Waals surface area contributed by atoms with Gasteiger partial charge in [-0.1, -0.05) is 84.3 Å². The number of fused-ring (bicyclic) bond motifs is 2. The predicted octanol–water partition coefficient (Wildman–Crippen LogP) is 8.26. The number of aliphatic imine (C=N–C) groups is 1. The Balaban J connectivity index is 0.871. The standard InChI is InChI=1S/C74H94N8O6/c1-44(84)64-33-53-31-57-30-50-19-21-74(70(50)53)67-18-17-48(38-73(67,40-68(74)82-64)39-63-60-20-24-77-41-54(60)28-51-14-8-22-78-71(51)63)27-58(85)35-59(86)32-56(43-83)61-36-66(88-2)65(87)34-52(61)29-55-42-80-69(75)37-62(55)49(13-7-23-79-72(76)81-57)26-47-12-6-11-46(25-47)16-15-45-9-4-3-5-10-45/h3-6,8-12,14,25,32-34,36-37,42,44,48-51,54,57,60,63-64,67-71,77-78,80,82-84,87H,13,15-22,24,26-31,35,38-41,43,75H2,1-2H3,(H3,76,79,81)/b56-32+/t44-,48+,49-,50+,51-,54-,57-,60+,63-,64-,67-,68+,69?,70+,71+,73+,74-/m0/s1. The van der Waals surface area contributed by atoms with Crippen molar-refractivity contribution >= 4 is 23.1 Å². The molecule has 5 saturated carbocycles. The number of piperidine rings is 1. The number of guanidine groups is 1. The van der Waals surface area contributed by atoms with E-state index in [1.54, 1.807) is 12.1 Å². The van der Waals surface area contributed by atoms with Crippen LogP contribution in [0.3, 0.4) is 0 Å². The minimum Gasteiger partial charge on any atom is -0.504 e. The lowest BCUT2D eigenvalue weighted by atomic mass is 9.50.